The molecular formula is C14H14F3N3O3. The van der Waals surface area contributed by atoms with Gasteiger partial charge in [0.15, 0.2) is 0 Å². The first kappa shape index (κ1) is 16.8. The van der Waals surface area contributed by atoms with Crippen molar-refractivity contribution in [1.29, 1.82) is 0 Å². The van der Waals surface area contributed by atoms with Gasteiger partial charge in [-0.15, -0.1) is 5.10 Å². The lowest BCUT2D eigenvalue weighted by molar-refractivity contribution is -0.137. The fourth-order valence-electron chi connectivity index (χ4n) is 1.74. The Morgan fingerprint density at radius 3 is 2.74 bits per heavy atom. The Balaban J connectivity index is 2.17. The second-order valence-electron chi connectivity index (χ2n) is 4.50. The van der Waals surface area contributed by atoms with Crippen LogP contribution in [0.3, 0.4) is 0 Å². The Bertz CT molecular complexity index is 698. The van der Waals surface area contributed by atoms with Gasteiger partial charge >= 0.3 is 12.2 Å². The molecule has 0 spiro atoms. The molecule has 2 rings (SSSR count). The molecule has 23 heavy (non-hydrogen) atoms. The lowest BCUT2D eigenvalue weighted by Gasteiger charge is -2.08. The summed E-state index contributed by atoms with van der Waals surface area (Å²) in [5.41, 5.74) is 1.75. The maximum atomic E-state index is 12.7. The number of ether oxygens (including phenoxy) is 1. The minimum absolute atomic E-state index is 0.00604. The summed E-state index contributed by atoms with van der Waals surface area (Å²) >= 11 is 0. The summed E-state index contributed by atoms with van der Waals surface area (Å²) in [5.74, 6) is -0.0387. The van der Waals surface area contributed by atoms with Crippen LogP contribution in [-0.2, 0) is 11.0 Å². The van der Waals surface area contributed by atoms with Gasteiger partial charge in [0.2, 0.25) is 5.88 Å². The first-order valence-electron chi connectivity index (χ1n) is 6.65. The molecular weight excluding hydrogens is 315 g/mol. The smallest absolute Gasteiger partial charge is 0.416 e. The van der Waals surface area contributed by atoms with E-state index in [4.69, 9.17) is 9.57 Å². The molecule has 0 aliphatic carbocycles. The number of alkyl halides is 3. The third kappa shape index (κ3) is 4.22. The van der Waals surface area contributed by atoms with Crippen LogP contribution in [-0.4, -0.2) is 22.4 Å². The van der Waals surface area contributed by atoms with E-state index in [9.17, 15) is 18.0 Å². The van der Waals surface area contributed by atoms with E-state index in [1.54, 1.807) is 13.8 Å². The number of halogens is 3. The summed E-state index contributed by atoms with van der Waals surface area (Å²) in [6.45, 7) is 3.57. The summed E-state index contributed by atoms with van der Waals surface area (Å²) in [6.07, 6.45) is -4.47. The van der Waals surface area contributed by atoms with Crippen LogP contribution in [0.5, 0.6) is 11.6 Å². The number of aromatic nitrogens is 2. The van der Waals surface area contributed by atoms with Gasteiger partial charge in [-0.1, -0.05) is 6.07 Å². The fraction of sp³-hybridized carbons (Fsp3) is 0.286. The van der Waals surface area contributed by atoms with Crippen molar-refractivity contribution in [2.75, 3.05) is 6.61 Å². The highest BCUT2D eigenvalue weighted by Gasteiger charge is 2.30. The lowest BCUT2D eigenvalue weighted by atomic mass is 10.2. The van der Waals surface area contributed by atoms with E-state index in [2.05, 4.69) is 10.6 Å². The van der Waals surface area contributed by atoms with Crippen molar-refractivity contribution in [2.24, 2.45) is 0 Å². The average Bonchev–Trinajstić information content (AvgIpc) is 2.85. The van der Waals surface area contributed by atoms with Crippen LogP contribution in [0.2, 0.25) is 0 Å². The van der Waals surface area contributed by atoms with Crippen molar-refractivity contribution in [3.05, 3.63) is 41.6 Å². The molecule has 1 N–H and O–H groups in total. The molecule has 0 fully saturated rings. The lowest BCUT2D eigenvalue weighted by Crippen LogP contribution is -2.30. The maximum Gasteiger partial charge on any atom is 0.416 e. The molecule has 6 nitrogen and oxygen atoms in total. The number of benzene rings is 1. The molecule has 0 radical (unpaired) electrons. The van der Waals surface area contributed by atoms with E-state index in [1.807, 2.05) is 0 Å². The zero-order chi connectivity index (χ0) is 17.0. The number of carbonyl (C=O) groups is 1. The summed E-state index contributed by atoms with van der Waals surface area (Å²) in [7, 11) is 0. The van der Waals surface area contributed by atoms with Crippen LogP contribution in [0.15, 0.2) is 30.3 Å². The number of carbonyl (C=O) groups excluding carboxylic acids is 1. The van der Waals surface area contributed by atoms with Crippen molar-refractivity contribution < 1.29 is 27.5 Å². The van der Waals surface area contributed by atoms with E-state index in [0.717, 1.165) is 16.8 Å². The predicted molar refractivity (Wildman–Crippen MR) is 74.0 cm³/mol. The first-order valence-corrected chi connectivity index (χ1v) is 6.65. The number of hydroxylamine groups is 1. The number of hydrogen-bond acceptors (Lipinski definition) is 4. The van der Waals surface area contributed by atoms with E-state index in [-0.39, 0.29) is 18.2 Å². The number of hydrogen-bond donors (Lipinski definition) is 1. The second-order valence-corrected chi connectivity index (χ2v) is 4.50. The molecule has 9 heteroatoms. The highest BCUT2D eigenvalue weighted by molar-refractivity contribution is 5.75. The summed E-state index contributed by atoms with van der Waals surface area (Å²) < 4.78 is 44.2. The molecule has 0 saturated carbocycles. The summed E-state index contributed by atoms with van der Waals surface area (Å²) in [4.78, 5) is 16.5. The highest BCUT2D eigenvalue weighted by atomic mass is 19.4. The number of amides is 1. The zero-order valence-electron chi connectivity index (χ0n) is 12.3. The Labute approximate surface area is 129 Å². The number of nitrogens with one attached hydrogen (secondary N) is 1. The Morgan fingerprint density at radius 1 is 1.35 bits per heavy atom. The van der Waals surface area contributed by atoms with Gasteiger partial charge in [0.25, 0.3) is 0 Å². The third-order valence-electron chi connectivity index (χ3n) is 2.74. The molecule has 124 valence electrons. The summed E-state index contributed by atoms with van der Waals surface area (Å²) in [6, 6.07) is 5.17. The molecule has 2 aromatic rings. The Morgan fingerprint density at radius 2 is 2.09 bits per heavy atom. The topological polar surface area (TPSA) is 65.4 Å². The Kier molecular flexibility index (Phi) is 4.89. The van der Waals surface area contributed by atoms with Crippen molar-refractivity contribution in [3.8, 4) is 11.6 Å². The van der Waals surface area contributed by atoms with Gasteiger partial charge in [-0.3, -0.25) is 4.84 Å². The van der Waals surface area contributed by atoms with Crippen LogP contribution < -0.4 is 10.2 Å². The van der Waals surface area contributed by atoms with Crippen LogP contribution in [0, 0.1) is 6.92 Å². The molecule has 0 aliphatic rings. The maximum absolute atomic E-state index is 12.7. The predicted octanol–water partition coefficient (Wildman–Crippen LogP) is 3.51. The highest BCUT2D eigenvalue weighted by Crippen LogP contribution is 2.32. The molecule has 0 unspecified atom stereocenters. The second kappa shape index (κ2) is 6.69. The minimum Gasteiger partial charge on any atom is -0.438 e. The normalized spacial score (nSPS) is 11.3. The van der Waals surface area contributed by atoms with Crippen LogP contribution in [0.4, 0.5) is 18.0 Å². The fourth-order valence-corrected chi connectivity index (χ4v) is 1.74. The van der Waals surface area contributed by atoms with Gasteiger partial charge in [-0.05, 0) is 32.0 Å². The van der Waals surface area contributed by atoms with Gasteiger partial charge in [0, 0.05) is 6.07 Å². The zero-order valence-corrected chi connectivity index (χ0v) is 12.3. The molecule has 0 bridgehead atoms. The molecule has 0 atom stereocenters. The quantitative estimate of drug-likeness (QED) is 0.872. The summed E-state index contributed by atoms with van der Waals surface area (Å²) in [5, 5.41) is 3.87. The van der Waals surface area contributed by atoms with Crippen molar-refractivity contribution in [1.82, 2.24) is 15.3 Å². The van der Waals surface area contributed by atoms with E-state index >= 15 is 0 Å². The van der Waals surface area contributed by atoms with Gasteiger partial charge < -0.3 is 4.74 Å². The third-order valence-corrected chi connectivity index (χ3v) is 2.74. The largest absolute Gasteiger partial charge is 0.438 e. The molecule has 1 amide bonds. The van der Waals surface area contributed by atoms with Crippen molar-refractivity contribution in [3.63, 3.8) is 0 Å². The van der Waals surface area contributed by atoms with E-state index in [1.165, 1.54) is 18.2 Å². The monoisotopic (exact) mass is 329 g/mol. The molecule has 1 heterocycles. The van der Waals surface area contributed by atoms with Crippen LogP contribution in [0.25, 0.3) is 0 Å². The van der Waals surface area contributed by atoms with Crippen LogP contribution >= 0.6 is 0 Å². The molecule has 1 aromatic carbocycles. The Hall–Kier alpha value is -2.55. The molecule has 0 saturated heterocycles. The number of rotatable bonds is 4. The molecule has 0 aliphatic heterocycles. The van der Waals surface area contributed by atoms with E-state index < -0.39 is 17.8 Å². The van der Waals surface area contributed by atoms with E-state index in [0.29, 0.717) is 5.69 Å². The first-order chi connectivity index (χ1) is 10.8. The standard InChI is InChI=1S/C14H14F3N3O3/c1-3-22-19-13(21)20-9(2)7-12(18-20)23-11-6-4-5-10(8-11)14(15,16)17/h4-8H,3H2,1-2H3,(H,19,21). The number of aryl methyl sites for hydroxylation is 1. The van der Waals surface area contributed by atoms with Gasteiger partial charge in [0.1, 0.15) is 5.75 Å². The minimum atomic E-state index is -4.47. The average molecular weight is 329 g/mol. The van der Waals surface area contributed by atoms with Gasteiger partial charge in [0.05, 0.1) is 17.9 Å². The SMILES string of the molecule is CCONC(=O)n1nc(Oc2cccc(C(F)(F)F)c2)cc1C. The molecule has 1 aromatic heterocycles. The van der Waals surface area contributed by atoms with Gasteiger partial charge in [-0.25, -0.2) is 10.3 Å². The van der Waals surface area contributed by atoms with Gasteiger partial charge in [-0.2, -0.15) is 17.9 Å². The number of nitrogens with zero attached hydrogens (tertiary/aromatic N) is 2. The van der Waals surface area contributed by atoms with Crippen LogP contribution in [0.1, 0.15) is 18.2 Å². The van der Waals surface area contributed by atoms with Crippen molar-refractivity contribution >= 4 is 6.03 Å². The van der Waals surface area contributed by atoms with Crippen molar-refractivity contribution in [2.45, 2.75) is 20.0 Å².